The molecule has 0 aromatic rings. The molecule has 2 amide bonds. The molecule has 3 aliphatic rings. The van der Waals surface area contributed by atoms with Crippen molar-refractivity contribution < 1.29 is 38.1 Å². The maximum Gasteiger partial charge on any atom is 0.411 e. The molecule has 0 radical (unpaired) electrons. The molecule has 3 atom stereocenters. The number of nitrogens with zero attached hydrogens (tertiary/aromatic N) is 5. The van der Waals surface area contributed by atoms with Crippen molar-refractivity contribution in [2.75, 3.05) is 85.2 Å². The van der Waals surface area contributed by atoms with Gasteiger partial charge in [-0.2, -0.15) is 0 Å². The van der Waals surface area contributed by atoms with Crippen LogP contribution in [0.25, 0.3) is 0 Å². The first-order valence-corrected chi connectivity index (χ1v) is 15.6. The summed E-state index contributed by atoms with van der Waals surface area (Å²) in [6, 6.07) is -1.24. The number of esters is 2. The van der Waals surface area contributed by atoms with Crippen LogP contribution in [0.5, 0.6) is 0 Å². The molecule has 0 aromatic heterocycles. The van der Waals surface area contributed by atoms with E-state index < -0.39 is 35.7 Å². The van der Waals surface area contributed by atoms with Gasteiger partial charge in [-0.15, -0.1) is 0 Å². The van der Waals surface area contributed by atoms with Gasteiger partial charge in [0.15, 0.2) is 0 Å². The maximum atomic E-state index is 12.6. The number of rotatable bonds is 13. The Morgan fingerprint density at radius 3 is 2.25 bits per heavy atom. The van der Waals surface area contributed by atoms with Crippen LogP contribution in [0.15, 0.2) is 0 Å². The van der Waals surface area contributed by atoms with E-state index in [-0.39, 0.29) is 37.7 Å². The second kappa shape index (κ2) is 16.2. The number of hydrogen-bond donors (Lipinski definition) is 2. The van der Waals surface area contributed by atoms with Crippen LogP contribution in [0.4, 0.5) is 9.59 Å². The molecule has 3 fully saturated rings. The summed E-state index contributed by atoms with van der Waals surface area (Å²) in [5.41, 5.74) is 5.20. The van der Waals surface area contributed by atoms with Gasteiger partial charge in [0.2, 0.25) is 0 Å². The second-order valence-electron chi connectivity index (χ2n) is 12.4. The molecule has 0 bridgehead atoms. The van der Waals surface area contributed by atoms with E-state index in [1.165, 1.54) is 4.90 Å². The van der Waals surface area contributed by atoms with Crippen molar-refractivity contribution in [2.45, 2.75) is 71.2 Å². The second-order valence-corrected chi connectivity index (χ2v) is 12.4. The number of ether oxygens (including phenoxy) is 4. The summed E-state index contributed by atoms with van der Waals surface area (Å²) in [4.78, 5) is 59.4. The van der Waals surface area contributed by atoms with Crippen molar-refractivity contribution in [1.29, 1.82) is 5.41 Å². The Bertz CT molecular complexity index is 1010. The van der Waals surface area contributed by atoms with E-state index in [1.54, 1.807) is 39.5 Å². The largest absolute Gasteiger partial charge is 0.466 e. The van der Waals surface area contributed by atoms with Crippen LogP contribution in [-0.4, -0.2) is 163 Å². The van der Waals surface area contributed by atoms with Gasteiger partial charge in [0.25, 0.3) is 0 Å². The summed E-state index contributed by atoms with van der Waals surface area (Å²) in [5, 5.41) is 8.00. The Balaban J connectivity index is 1.41. The Morgan fingerprint density at radius 2 is 1.64 bits per heavy atom. The number of carbonyl (C=O) groups excluding carboxylic acids is 4. The quantitative estimate of drug-likeness (QED) is 0.126. The van der Waals surface area contributed by atoms with Gasteiger partial charge < -0.3 is 29.6 Å². The molecule has 3 rings (SSSR count). The number of carbonyl (C=O) groups is 4. The van der Waals surface area contributed by atoms with Crippen molar-refractivity contribution in [3.8, 4) is 0 Å². The van der Waals surface area contributed by atoms with E-state index in [9.17, 15) is 19.2 Å². The highest BCUT2D eigenvalue weighted by molar-refractivity contribution is 5.87. The zero-order valence-corrected chi connectivity index (χ0v) is 26.9. The zero-order valence-electron chi connectivity index (χ0n) is 26.9. The first-order valence-electron chi connectivity index (χ1n) is 15.6. The van der Waals surface area contributed by atoms with Crippen molar-refractivity contribution in [1.82, 2.24) is 24.5 Å². The van der Waals surface area contributed by atoms with Gasteiger partial charge in [0.1, 0.15) is 29.6 Å². The van der Waals surface area contributed by atoms with Gasteiger partial charge in [0.05, 0.1) is 26.2 Å². The molecule has 0 aliphatic carbocycles. The van der Waals surface area contributed by atoms with E-state index in [4.69, 9.17) is 30.1 Å². The number of nitrogens with one attached hydrogen (secondary N) is 1. The topological polar surface area (TPSA) is 171 Å². The molecule has 3 unspecified atom stereocenters. The molecule has 3 N–H and O–H groups in total. The average molecular weight is 626 g/mol. The van der Waals surface area contributed by atoms with E-state index in [0.29, 0.717) is 78.4 Å². The number of piperazine rings is 2. The van der Waals surface area contributed by atoms with Gasteiger partial charge >= 0.3 is 24.1 Å². The lowest BCUT2D eigenvalue weighted by atomic mass is 10.1. The van der Waals surface area contributed by atoms with Gasteiger partial charge in [-0.3, -0.25) is 34.6 Å². The van der Waals surface area contributed by atoms with E-state index in [1.807, 2.05) is 4.90 Å². The summed E-state index contributed by atoms with van der Waals surface area (Å²) >= 11 is 0. The van der Waals surface area contributed by atoms with Gasteiger partial charge in [-0.25, -0.2) is 9.59 Å². The number of hydrogen-bond acceptors (Lipinski definition) is 12. The monoisotopic (exact) mass is 625 g/mol. The smallest absolute Gasteiger partial charge is 0.411 e. The molecular formula is C29H51N7O8. The zero-order chi connectivity index (χ0) is 32.4. The van der Waals surface area contributed by atoms with Crippen LogP contribution in [-0.2, 0) is 28.5 Å². The van der Waals surface area contributed by atoms with Gasteiger partial charge in [-0.05, 0) is 47.6 Å². The SMILES string of the molecule is CCOC(=O)CC(C(=O)OCC)N1CCN(CC2CN(CCCN3CCN(C(=O)OC(C)(C)C)C(C(=N)N)C3)C(=O)O2)CC1. The summed E-state index contributed by atoms with van der Waals surface area (Å²) in [6.07, 6.45) is -0.389. The van der Waals surface area contributed by atoms with Gasteiger partial charge in [0, 0.05) is 58.9 Å². The average Bonchev–Trinajstić information content (AvgIpc) is 3.29. The minimum Gasteiger partial charge on any atom is -0.466 e. The fourth-order valence-corrected chi connectivity index (χ4v) is 5.71. The standard InChI is InChI=1S/C29H51N7O8/c1-6-41-24(37)17-22(26(38)42-7-2)34-14-11-33(12-15-34)18-21-19-35(27(39)43-21)10-8-9-32-13-16-36(23(20-32)25(30)31)28(40)44-29(3,4)5/h21-23H,6-20H2,1-5H3,(H3,30,31). The Kier molecular flexibility index (Phi) is 13.0. The fourth-order valence-electron chi connectivity index (χ4n) is 5.71. The highest BCUT2D eigenvalue weighted by Crippen LogP contribution is 2.19. The molecule has 250 valence electrons. The number of nitrogens with two attached hydrogens (primary N) is 1. The Morgan fingerprint density at radius 1 is 0.977 bits per heavy atom. The van der Waals surface area contributed by atoms with E-state index in [2.05, 4.69) is 9.80 Å². The van der Waals surface area contributed by atoms with Crippen LogP contribution in [0.3, 0.4) is 0 Å². The lowest BCUT2D eigenvalue weighted by Crippen LogP contribution is -2.60. The van der Waals surface area contributed by atoms with Crippen molar-refractivity contribution >= 4 is 30.0 Å². The fraction of sp³-hybridized carbons (Fsp3) is 0.828. The normalized spacial score (nSPS) is 22.8. The third-order valence-corrected chi connectivity index (χ3v) is 7.84. The third kappa shape index (κ3) is 10.5. The molecule has 0 saturated carbocycles. The van der Waals surface area contributed by atoms with Gasteiger partial charge in [-0.1, -0.05) is 0 Å². The van der Waals surface area contributed by atoms with Crippen molar-refractivity contribution in [2.24, 2.45) is 5.73 Å². The molecule has 15 heteroatoms. The number of amides is 2. The predicted octanol–water partition coefficient (Wildman–Crippen LogP) is 0.557. The van der Waals surface area contributed by atoms with Crippen LogP contribution in [0.2, 0.25) is 0 Å². The molecule has 3 aliphatic heterocycles. The third-order valence-electron chi connectivity index (χ3n) is 7.84. The van der Waals surface area contributed by atoms with Crippen LogP contribution < -0.4 is 5.73 Å². The van der Waals surface area contributed by atoms with Crippen molar-refractivity contribution in [3.63, 3.8) is 0 Å². The Hall–Kier alpha value is -3.17. The molecule has 44 heavy (non-hydrogen) atoms. The lowest BCUT2D eigenvalue weighted by Gasteiger charge is -2.41. The van der Waals surface area contributed by atoms with E-state index in [0.717, 1.165) is 0 Å². The molecule has 3 heterocycles. The summed E-state index contributed by atoms with van der Waals surface area (Å²) < 4.78 is 21.4. The minimum atomic E-state index is -0.679. The molecule has 0 spiro atoms. The first-order chi connectivity index (χ1) is 20.8. The highest BCUT2D eigenvalue weighted by atomic mass is 16.6. The van der Waals surface area contributed by atoms with Crippen LogP contribution >= 0.6 is 0 Å². The minimum absolute atomic E-state index is 0.0449. The number of cyclic esters (lactones) is 1. The maximum absolute atomic E-state index is 12.6. The molecule has 15 nitrogen and oxygen atoms in total. The highest BCUT2D eigenvalue weighted by Gasteiger charge is 2.37. The summed E-state index contributed by atoms with van der Waals surface area (Å²) in [6.45, 7) is 15.6. The lowest BCUT2D eigenvalue weighted by molar-refractivity contribution is -0.157. The van der Waals surface area contributed by atoms with Crippen molar-refractivity contribution in [3.05, 3.63) is 0 Å². The molecule has 0 aromatic carbocycles. The van der Waals surface area contributed by atoms with Crippen LogP contribution in [0, 0.1) is 5.41 Å². The summed E-state index contributed by atoms with van der Waals surface area (Å²) in [5.74, 6) is -0.925. The Labute approximate surface area is 260 Å². The molecule has 3 saturated heterocycles. The van der Waals surface area contributed by atoms with E-state index >= 15 is 0 Å². The summed E-state index contributed by atoms with van der Waals surface area (Å²) in [7, 11) is 0. The predicted molar refractivity (Wildman–Crippen MR) is 161 cm³/mol. The van der Waals surface area contributed by atoms with Crippen LogP contribution in [0.1, 0.15) is 47.5 Å². The first kappa shape index (κ1) is 35.3. The molecular weight excluding hydrogens is 574 g/mol. The number of amidine groups is 1.